The van der Waals surface area contributed by atoms with Crippen LogP contribution in [0.3, 0.4) is 0 Å². The minimum atomic E-state index is -0.388. The van der Waals surface area contributed by atoms with Gasteiger partial charge in [-0.3, -0.25) is 0 Å². The first-order valence-corrected chi connectivity index (χ1v) is 7.61. The normalized spacial score (nSPS) is 18.7. The largest absolute Gasteiger partial charge is 0.333 e. The Morgan fingerprint density at radius 1 is 1.26 bits per heavy atom. The summed E-state index contributed by atoms with van der Waals surface area (Å²) < 4.78 is 5.41. The van der Waals surface area contributed by atoms with Crippen LogP contribution in [0.1, 0.15) is 48.4 Å². The molecule has 1 saturated carbocycles. The molecule has 0 atom stereocenters. The van der Waals surface area contributed by atoms with Crippen LogP contribution in [-0.2, 0) is 5.54 Å². The molecule has 2 aromatic rings. The third-order valence-corrected chi connectivity index (χ3v) is 5.13. The summed E-state index contributed by atoms with van der Waals surface area (Å²) >= 11 is 1.69. The average molecular weight is 277 g/mol. The third kappa shape index (κ3) is 2.32. The van der Waals surface area contributed by atoms with Gasteiger partial charge in [0.25, 0.3) is 5.89 Å². The molecular weight excluding hydrogens is 258 g/mol. The number of hydrogen-bond donors (Lipinski definition) is 1. The van der Waals surface area contributed by atoms with Crippen LogP contribution in [0, 0.1) is 13.8 Å². The molecule has 0 unspecified atom stereocenters. The fourth-order valence-electron chi connectivity index (χ4n) is 2.61. The molecule has 2 aromatic heterocycles. The summed E-state index contributed by atoms with van der Waals surface area (Å²) in [5, 5.41) is 4.12. The van der Waals surface area contributed by atoms with Crippen molar-refractivity contribution in [1.82, 2.24) is 10.1 Å². The fraction of sp³-hybridized carbons (Fsp3) is 0.571. The lowest BCUT2D eigenvalue weighted by Crippen LogP contribution is -2.39. The highest BCUT2D eigenvalue weighted by Gasteiger charge is 2.34. The van der Waals surface area contributed by atoms with E-state index in [9.17, 15) is 0 Å². The number of aryl methyl sites for hydroxylation is 2. The van der Waals surface area contributed by atoms with Crippen molar-refractivity contribution in [3.63, 3.8) is 0 Å². The van der Waals surface area contributed by atoms with Crippen molar-refractivity contribution in [2.45, 2.75) is 51.5 Å². The summed E-state index contributed by atoms with van der Waals surface area (Å²) in [6, 6.07) is 2.10. The van der Waals surface area contributed by atoms with E-state index in [1.807, 2.05) is 0 Å². The molecule has 0 spiro atoms. The van der Waals surface area contributed by atoms with Crippen LogP contribution < -0.4 is 5.73 Å². The second-order valence-corrected chi connectivity index (χ2v) is 6.75. The van der Waals surface area contributed by atoms with Gasteiger partial charge in [-0.25, -0.2) is 0 Å². The van der Waals surface area contributed by atoms with Gasteiger partial charge < -0.3 is 10.3 Å². The molecule has 1 aliphatic carbocycles. The van der Waals surface area contributed by atoms with Crippen LogP contribution in [0.2, 0.25) is 0 Å². The Balaban J connectivity index is 1.90. The van der Waals surface area contributed by atoms with Crippen LogP contribution in [-0.4, -0.2) is 10.1 Å². The Morgan fingerprint density at radius 2 is 2.00 bits per heavy atom. The molecule has 2 N–H and O–H groups in total. The predicted octanol–water partition coefficient (Wildman–Crippen LogP) is 3.53. The molecule has 0 aliphatic heterocycles. The molecule has 5 heteroatoms. The predicted molar refractivity (Wildman–Crippen MR) is 76.0 cm³/mol. The average Bonchev–Trinajstić information content (AvgIpc) is 2.99. The van der Waals surface area contributed by atoms with Gasteiger partial charge in [-0.1, -0.05) is 24.4 Å². The van der Waals surface area contributed by atoms with E-state index in [1.165, 1.54) is 16.9 Å². The van der Waals surface area contributed by atoms with Crippen molar-refractivity contribution in [2.24, 2.45) is 5.73 Å². The van der Waals surface area contributed by atoms with Gasteiger partial charge in [-0.2, -0.15) is 4.98 Å². The van der Waals surface area contributed by atoms with Gasteiger partial charge in [0, 0.05) is 4.88 Å². The number of nitrogens with two attached hydrogens (primary N) is 1. The summed E-state index contributed by atoms with van der Waals surface area (Å²) in [5.74, 6) is 1.28. The van der Waals surface area contributed by atoms with E-state index in [0.717, 1.165) is 30.6 Å². The summed E-state index contributed by atoms with van der Waals surface area (Å²) in [4.78, 5) is 6.86. The van der Waals surface area contributed by atoms with E-state index in [0.29, 0.717) is 11.7 Å². The molecule has 0 saturated heterocycles. The first-order valence-electron chi connectivity index (χ1n) is 6.79. The Kier molecular flexibility index (Phi) is 3.19. The van der Waals surface area contributed by atoms with Crippen molar-refractivity contribution in [3.05, 3.63) is 22.3 Å². The maximum atomic E-state index is 6.43. The number of nitrogens with zero attached hydrogens (tertiary/aromatic N) is 2. The van der Waals surface area contributed by atoms with Crippen molar-refractivity contribution >= 4 is 11.3 Å². The minimum absolute atomic E-state index is 0.388. The molecular formula is C14H19N3OS. The molecule has 3 rings (SSSR count). The van der Waals surface area contributed by atoms with Gasteiger partial charge in [0.15, 0.2) is 5.82 Å². The Morgan fingerprint density at radius 3 is 2.63 bits per heavy atom. The van der Waals surface area contributed by atoms with Crippen molar-refractivity contribution < 1.29 is 4.52 Å². The van der Waals surface area contributed by atoms with Crippen LogP contribution in [0.25, 0.3) is 10.8 Å². The maximum absolute atomic E-state index is 6.43. The molecule has 0 bridgehead atoms. The Bertz CT molecular complexity index is 562. The van der Waals surface area contributed by atoms with E-state index < -0.39 is 0 Å². The monoisotopic (exact) mass is 277 g/mol. The highest BCUT2D eigenvalue weighted by atomic mass is 32.1. The van der Waals surface area contributed by atoms with Gasteiger partial charge in [0.05, 0.1) is 10.4 Å². The molecule has 1 fully saturated rings. The summed E-state index contributed by atoms with van der Waals surface area (Å²) in [6.45, 7) is 4.20. The Labute approximate surface area is 117 Å². The molecule has 0 amide bonds. The zero-order chi connectivity index (χ0) is 13.5. The van der Waals surface area contributed by atoms with E-state index >= 15 is 0 Å². The first-order chi connectivity index (χ1) is 9.08. The highest BCUT2D eigenvalue weighted by Crippen LogP contribution is 2.35. The zero-order valence-electron chi connectivity index (χ0n) is 11.4. The molecule has 102 valence electrons. The van der Waals surface area contributed by atoms with Crippen LogP contribution >= 0.6 is 11.3 Å². The molecule has 2 heterocycles. The SMILES string of the molecule is Cc1cc(-c2nc(C3(N)CCCCC3)no2)sc1C. The second-order valence-electron chi connectivity index (χ2n) is 5.49. The van der Waals surface area contributed by atoms with E-state index in [2.05, 4.69) is 30.1 Å². The lowest BCUT2D eigenvalue weighted by molar-refractivity contribution is 0.275. The van der Waals surface area contributed by atoms with Gasteiger partial charge in [0.1, 0.15) is 0 Å². The molecule has 19 heavy (non-hydrogen) atoms. The minimum Gasteiger partial charge on any atom is -0.333 e. The summed E-state index contributed by atoms with van der Waals surface area (Å²) in [6.07, 6.45) is 5.46. The number of thiophene rings is 1. The second kappa shape index (κ2) is 4.72. The third-order valence-electron chi connectivity index (χ3n) is 3.99. The van der Waals surface area contributed by atoms with Gasteiger partial charge in [0.2, 0.25) is 0 Å². The van der Waals surface area contributed by atoms with Crippen LogP contribution in [0.15, 0.2) is 10.6 Å². The number of hydrogen-bond acceptors (Lipinski definition) is 5. The van der Waals surface area contributed by atoms with Crippen LogP contribution in [0.5, 0.6) is 0 Å². The quantitative estimate of drug-likeness (QED) is 0.912. The highest BCUT2D eigenvalue weighted by molar-refractivity contribution is 7.15. The van der Waals surface area contributed by atoms with Gasteiger partial charge in [-0.15, -0.1) is 11.3 Å². The standard InChI is InChI=1S/C14H19N3OS/c1-9-8-11(19-10(9)2)12-16-13(17-18-12)14(15)6-4-3-5-7-14/h8H,3-7,15H2,1-2H3. The van der Waals surface area contributed by atoms with E-state index in [4.69, 9.17) is 10.3 Å². The van der Waals surface area contributed by atoms with Crippen LogP contribution in [0.4, 0.5) is 0 Å². The van der Waals surface area contributed by atoms with Gasteiger partial charge in [-0.05, 0) is 38.3 Å². The Hall–Kier alpha value is -1.20. The fourth-order valence-corrected chi connectivity index (χ4v) is 3.57. The van der Waals surface area contributed by atoms with E-state index in [1.54, 1.807) is 11.3 Å². The number of rotatable bonds is 2. The lowest BCUT2D eigenvalue weighted by atomic mass is 9.82. The first kappa shape index (κ1) is 12.8. The van der Waals surface area contributed by atoms with Crippen molar-refractivity contribution in [1.29, 1.82) is 0 Å². The molecule has 4 nitrogen and oxygen atoms in total. The summed E-state index contributed by atoms with van der Waals surface area (Å²) in [7, 11) is 0. The molecule has 0 aromatic carbocycles. The van der Waals surface area contributed by atoms with Crippen molar-refractivity contribution in [3.8, 4) is 10.8 Å². The zero-order valence-corrected chi connectivity index (χ0v) is 12.2. The summed E-state index contributed by atoms with van der Waals surface area (Å²) in [5.41, 5.74) is 7.30. The maximum Gasteiger partial charge on any atom is 0.268 e. The van der Waals surface area contributed by atoms with Crippen molar-refractivity contribution in [2.75, 3.05) is 0 Å². The lowest BCUT2D eigenvalue weighted by Gasteiger charge is -2.29. The smallest absolute Gasteiger partial charge is 0.268 e. The number of aromatic nitrogens is 2. The topological polar surface area (TPSA) is 64.9 Å². The van der Waals surface area contributed by atoms with Gasteiger partial charge >= 0.3 is 0 Å². The van der Waals surface area contributed by atoms with E-state index in [-0.39, 0.29) is 5.54 Å². The molecule has 1 aliphatic rings. The molecule has 0 radical (unpaired) electrons.